The number of nitrogen functional groups attached to an aromatic ring is 1. The SMILES string of the molecule is Nc1ccc(C(=O)Nc2c(Cl)ccc3nsnc23)cc1F. The quantitative estimate of drug-likeness (QED) is 0.709. The van der Waals surface area contributed by atoms with Gasteiger partial charge in [-0.3, -0.25) is 4.79 Å². The highest BCUT2D eigenvalue weighted by atomic mass is 35.5. The molecule has 3 N–H and O–H groups in total. The van der Waals surface area contributed by atoms with Crippen LogP contribution in [0.3, 0.4) is 0 Å². The van der Waals surface area contributed by atoms with E-state index in [1.807, 2.05) is 0 Å². The molecule has 0 saturated carbocycles. The summed E-state index contributed by atoms with van der Waals surface area (Å²) in [7, 11) is 0. The van der Waals surface area contributed by atoms with Gasteiger partial charge < -0.3 is 11.1 Å². The van der Waals surface area contributed by atoms with E-state index in [1.54, 1.807) is 12.1 Å². The van der Waals surface area contributed by atoms with Crippen molar-refractivity contribution in [2.24, 2.45) is 0 Å². The van der Waals surface area contributed by atoms with Crippen molar-refractivity contribution in [2.45, 2.75) is 0 Å². The number of amides is 1. The second-order valence-corrected chi connectivity index (χ2v) is 5.18. The highest BCUT2D eigenvalue weighted by Crippen LogP contribution is 2.30. The number of nitrogens with two attached hydrogens (primary N) is 1. The van der Waals surface area contributed by atoms with Gasteiger partial charge in [-0.1, -0.05) is 11.6 Å². The highest BCUT2D eigenvalue weighted by molar-refractivity contribution is 7.00. The van der Waals surface area contributed by atoms with Crippen LogP contribution in [0.15, 0.2) is 30.3 Å². The molecule has 0 aliphatic carbocycles. The molecule has 0 saturated heterocycles. The number of fused-ring (bicyclic) bond motifs is 1. The van der Waals surface area contributed by atoms with Crippen LogP contribution in [0.2, 0.25) is 5.02 Å². The fourth-order valence-electron chi connectivity index (χ4n) is 1.80. The van der Waals surface area contributed by atoms with Gasteiger partial charge in [-0.15, -0.1) is 0 Å². The zero-order valence-corrected chi connectivity index (χ0v) is 12.0. The van der Waals surface area contributed by atoms with Gasteiger partial charge in [0.05, 0.1) is 28.1 Å². The van der Waals surface area contributed by atoms with Crippen molar-refractivity contribution in [1.82, 2.24) is 8.75 Å². The number of benzene rings is 2. The normalized spacial score (nSPS) is 10.8. The number of anilines is 2. The highest BCUT2D eigenvalue weighted by Gasteiger charge is 2.15. The maximum absolute atomic E-state index is 13.4. The molecule has 1 amide bonds. The summed E-state index contributed by atoms with van der Waals surface area (Å²) in [4.78, 5) is 12.2. The maximum atomic E-state index is 13.4. The predicted molar refractivity (Wildman–Crippen MR) is 81.2 cm³/mol. The summed E-state index contributed by atoms with van der Waals surface area (Å²) < 4.78 is 21.6. The van der Waals surface area contributed by atoms with Crippen LogP contribution >= 0.6 is 23.3 Å². The first-order valence-electron chi connectivity index (χ1n) is 5.83. The van der Waals surface area contributed by atoms with E-state index in [9.17, 15) is 9.18 Å². The molecule has 0 radical (unpaired) electrons. The van der Waals surface area contributed by atoms with Crippen molar-refractivity contribution in [1.29, 1.82) is 0 Å². The molecule has 21 heavy (non-hydrogen) atoms. The van der Waals surface area contributed by atoms with Crippen molar-refractivity contribution < 1.29 is 9.18 Å². The molecule has 1 heterocycles. The topological polar surface area (TPSA) is 80.9 Å². The lowest BCUT2D eigenvalue weighted by Gasteiger charge is -2.08. The second kappa shape index (κ2) is 5.27. The number of carbonyl (C=O) groups is 1. The van der Waals surface area contributed by atoms with Gasteiger partial charge in [0, 0.05) is 5.56 Å². The summed E-state index contributed by atoms with van der Waals surface area (Å²) in [6.07, 6.45) is 0. The third-order valence-electron chi connectivity index (χ3n) is 2.88. The summed E-state index contributed by atoms with van der Waals surface area (Å²) in [6, 6.07) is 7.15. The van der Waals surface area contributed by atoms with Crippen LogP contribution in [0, 0.1) is 5.82 Å². The number of nitrogens with zero attached hydrogens (tertiary/aromatic N) is 2. The van der Waals surface area contributed by atoms with E-state index in [4.69, 9.17) is 17.3 Å². The van der Waals surface area contributed by atoms with E-state index in [0.717, 1.165) is 17.8 Å². The Kier molecular flexibility index (Phi) is 3.44. The average Bonchev–Trinajstić information content (AvgIpc) is 2.93. The molecule has 3 aromatic rings. The Morgan fingerprint density at radius 1 is 1.29 bits per heavy atom. The molecule has 0 aliphatic rings. The first-order valence-corrected chi connectivity index (χ1v) is 6.94. The van der Waals surface area contributed by atoms with Gasteiger partial charge in [-0.05, 0) is 30.3 Å². The number of aromatic nitrogens is 2. The van der Waals surface area contributed by atoms with Crippen molar-refractivity contribution in [3.8, 4) is 0 Å². The van der Waals surface area contributed by atoms with Crippen molar-refractivity contribution in [3.63, 3.8) is 0 Å². The molecule has 5 nitrogen and oxygen atoms in total. The van der Waals surface area contributed by atoms with Gasteiger partial charge in [0.15, 0.2) is 0 Å². The van der Waals surface area contributed by atoms with Crippen molar-refractivity contribution >= 4 is 51.6 Å². The number of hydrogen-bond acceptors (Lipinski definition) is 5. The number of rotatable bonds is 2. The van der Waals surface area contributed by atoms with E-state index < -0.39 is 11.7 Å². The average molecular weight is 323 g/mol. The van der Waals surface area contributed by atoms with Gasteiger partial charge in [0.1, 0.15) is 16.9 Å². The van der Waals surface area contributed by atoms with Gasteiger partial charge >= 0.3 is 0 Å². The fraction of sp³-hybridized carbons (Fsp3) is 0. The molecule has 0 fully saturated rings. The largest absolute Gasteiger partial charge is 0.396 e. The summed E-state index contributed by atoms with van der Waals surface area (Å²) in [5, 5.41) is 2.96. The fourth-order valence-corrected chi connectivity index (χ4v) is 2.54. The standard InChI is InChI=1S/C13H8ClFN4OS/c14-7-2-4-10-12(19-21-18-10)11(7)17-13(20)6-1-3-9(16)8(15)5-6/h1-5H,16H2,(H,17,20). The number of carbonyl (C=O) groups excluding carboxylic acids is 1. The minimum Gasteiger partial charge on any atom is -0.396 e. The maximum Gasteiger partial charge on any atom is 0.255 e. The van der Waals surface area contributed by atoms with Crippen LogP contribution in [0.4, 0.5) is 15.8 Å². The second-order valence-electron chi connectivity index (χ2n) is 4.24. The van der Waals surface area contributed by atoms with Crippen LogP contribution in [0.25, 0.3) is 11.0 Å². The first kappa shape index (κ1) is 13.7. The van der Waals surface area contributed by atoms with Gasteiger partial charge in [-0.2, -0.15) is 8.75 Å². The Morgan fingerprint density at radius 3 is 2.86 bits per heavy atom. The Morgan fingerprint density at radius 2 is 2.10 bits per heavy atom. The first-order chi connectivity index (χ1) is 10.1. The molecule has 0 atom stereocenters. The monoisotopic (exact) mass is 322 g/mol. The minimum absolute atomic E-state index is 0.0182. The van der Waals surface area contributed by atoms with Crippen molar-refractivity contribution in [3.05, 3.63) is 46.7 Å². The van der Waals surface area contributed by atoms with Crippen molar-refractivity contribution in [2.75, 3.05) is 11.1 Å². The predicted octanol–water partition coefficient (Wildman–Crippen LogP) is 3.32. The van der Waals surface area contributed by atoms with Crippen LogP contribution in [0.1, 0.15) is 10.4 Å². The molecule has 0 aliphatic heterocycles. The molecule has 3 rings (SSSR count). The van der Waals surface area contributed by atoms with Crippen LogP contribution < -0.4 is 11.1 Å². The number of halogens is 2. The van der Waals surface area contributed by atoms with E-state index in [1.165, 1.54) is 12.1 Å². The Hall–Kier alpha value is -2.25. The summed E-state index contributed by atoms with van der Waals surface area (Å²) in [6.45, 7) is 0. The molecule has 106 valence electrons. The van der Waals surface area contributed by atoms with E-state index in [0.29, 0.717) is 21.7 Å². The molecular formula is C13H8ClFN4OS. The minimum atomic E-state index is -0.651. The summed E-state index contributed by atoms with van der Waals surface area (Å²) >= 11 is 7.09. The van der Waals surface area contributed by atoms with E-state index in [-0.39, 0.29) is 11.3 Å². The smallest absolute Gasteiger partial charge is 0.255 e. The lowest BCUT2D eigenvalue weighted by Crippen LogP contribution is -2.13. The molecule has 8 heteroatoms. The molecule has 2 aromatic carbocycles. The molecule has 0 spiro atoms. The molecule has 1 aromatic heterocycles. The lowest BCUT2D eigenvalue weighted by molar-refractivity contribution is 0.102. The summed E-state index contributed by atoms with van der Waals surface area (Å²) in [5.41, 5.74) is 6.98. The van der Waals surface area contributed by atoms with Gasteiger partial charge in [-0.25, -0.2) is 4.39 Å². The third-order valence-corrected chi connectivity index (χ3v) is 3.74. The molecule has 0 unspecified atom stereocenters. The van der Waals surface area contributed by atoms with E-state index in [2.05, 4.69) is 14.1 Å². The van der Waals surface area contributed by atoms with E-state index >= 15 is 0 Å². The zero-order chi connectivity index (χ0) is 15.0. The number of nitrogens with one attached hydrogen (secondary N) is 1. The third kappa shape index (κ3) is 2.53. The van der Waals surface area contributed by atoms with Gasteiger partial charge in [0.25, 0.3) is 5.91 Å². The van der Waals surface area contributed by atoms with Crippen LogP contribution in [-0.4, -0.2) is 14.7 Å². The Labute approximate surface area is 127 Å². The lowest BCUT2D eigenvalue weighted by atomic mass is 10.1. The number of hydrogen-bond donors (Lipinski definition) is 2. The van der Waals surface area contributed by atoms with Crippen LogP contribution in [-0.2, 0) is 0 Å². The zero-order valence-electron chi connectivity index (χ0n) is 10.4. The van der Waals surface area contributed by atoms with Gasteiger partial charge in [0.2, 0.25) is 0 Å². The Bertz CT molecular complexity index is 851. The van der Waals surface area contributed by atoms with Crippen LogP contribution in [0.5, 0.6) is 0 Å². The molecule has 0 bridgehead atoms. The molecular weight excluding hydrogens is 315 g/mol. The summed E-state index contributed by atoms with van der Waals surface area (Å²) in [5.74, 6) is -1.15. The Balaban J connectivity index is 1.98.